The van der Waals surface area contributed by atoms with Gasteiger partial charge in [0.2, 0.25) is 5.91 Å². The van der Waals surface area contributed by atoms with Crippen LogP contribution in [-0.4, -0.2) is 16.9 Å². The summed E-state index contributed by atoms with van der Waals surface area (Å²) < 4.78 is 80.2. The largest absolute Gasteiger partial charge is 0.416 e. The predicted molar refractivity (Wildman–Crippen MR) is 104 cm³/mol. The van der Waals surface area contributed by atoms with Crippen molar-refractivity contribution in [2.45, 2.75) is 50.0 Å². The number of benzene rings is 1. The molecule has 1 saturated carbocycles. The molecule has 1 aliphatic carbocycles. The van der Waals surface area contributed by atoms with E-state index in [9.17, 15) is 35.9 Å². The first-order valence-corrected chi connectivity index (χ1v) is 9.96. The highest BCUT2D eigenvalue weighted by Gasteiger charge is 2.37. The van der Waals surface area contributed by atoms with Crippen molar-refractivity contribution in [2.24, 2.45) is 0 Å². The van der Waals surface area contributed by atoms with Crippen LogP contribution in [0, 0.1) is 0 Å². The van der Waals surface area contributed by atoms with E-state index in [1.54, 1.807) is 6.07 Å². The molecule has 2 aromatic rings. The van der Waals surface area contributed by atoms with E-state index in [1.807, 2.05) is 0 Å². The number of nitrogens with one attached hydrogen (secondary N) is 2. The second-order valence-electron chi connectivity index (χ2n) is 8.02. The molecule has 2 fully saturated rings. The van der Waals surface area contributed by atoms with Gasteiger partial charge in [0.25, 0.3) is 5.56 Å². The second-order valence-corrected chi connectivity index (χ2v) is 8.02. The van der Waals surface area contributed by atoms with Crippen LogP contribution in [0.1, 0.15) is 59.5 Å². The number of carbonyl (C=O) groups is 1. The smallest absolute Gasteiger partial charge is 0.350 e. The number of pyridine rings is 1. The van der Waals surface area contributed by atoms with E-state index in [-0.39, 0.29) is 41.1 Å². The van der Waals surface area contributed by atoms with Crippen LogP contribution in [0.5, 0.6) is 0 Å². The van der Waals surface area contributed by atoms with Crippen LogP contribution in [-0.2, 0) is 17.1 Å². The topological polar surface area (TPSA) is 62.0 Å². The Labute approximate surface area is 178 Å². The molecule has 170 valence electrons. The quantitative estimate of drug-likeness (QED) is 0.637. The molecule has 10 heteroatoms. The van der Waals surface area contributed by atoms with E-state index in [0.717, 1.165) is 12.8 Å². The normalized spacial score (nSPS) is 19.9. The molecule has 1 atom stereocenters. The number of alkyl halides is 6. The lowest BCUT2D eigenvalue weighted by Crippen LogP contribution is -2.24. The lowest BCUT2D eigenvalue weighted by Gasteiger charge is -2.17. The van der Waals surface area contributed by atoms with E-state index in [4.69, 9.17) is 0 Å². The maximum absolute atomic E-state index is 13.4. The number of aromatic amines is 1. The number of rotatable bonds is 4. The third-order valence-corrected chi connectivity index (χ3v) is 5.54. The summed E-state index contributed by atoms with van der Waals surface area (Å²) >= 11 is 0. The molecule has 1 aromatic carbocycles. The molecule has 0 unspecified atom stereocenters. The minimum Gasteiger partial charge on any atom is -0.350 e. The van der Waals surface area contributed by atoms with Crippen LogP contribution in [0.15, 0.2) is 41.2 Å². The van der Waals surface area contributed by atoms with Crippen LogP contribution in [0.25, 0.3) is 5.57 Å². The number of carbonyl (C=O) groups excluding carboxylic acids is 1. The second kappa shape index (κ2) is 7.83. The van der Waals surface area contributed by atoms with Gasteiger partial charge >= 0.3 is 12.4 Å². The molecule has 2 heterocycles. The van der Waals surface area contributed by atoms with Crippen LogP contribution < -0.4 is 10.9 Å². The van der Waals surface area contributed by atoms with Gasteiger partial charge in [0.1, 0.15) is 0 Å². The molecule has 1 aliphatic heterocycles. The number of amides is 1. The zero-order valence-corrected chi connectivity index (χ0v) is 16.5. The number of hydrogen-bond donors (Lipinski definition) is 2. The third-order valence-electron chi connectivity index (χ3n) is 5.54. The first-order valence-electron chi connectivity index (χ1n) is 9.96. The standard InChI is InChI=1S/C22H18F6N2O2/c23-21(24,25)13-7-12(8-14(9-13)22(26,27)28)17(10-15-3-6-19(31)29-15)18-5-4-16(11-1-2-11)20(32)30-18/h4-5,7-11,15H,1-3,6H2,(H,29,31)(H,30,32)/t15-/m1/s1. The summed E-state index contributed by atoms with van der Waals surface area (Å²) in [5.41, 5.74) is -3.12. The fourth-order valence-corrected chi connectivity index (χ4v) is 3.77. The number of halogens is 6. The molecule has 2 aliphatic rings. The van der Waals surface area contributed by atoms with Gasteiger partial charge in [-0.1, -0.05) is 12.1 Å². The molecule has 0 radical (unpaired) electrons. The Morgan fingerprint density at radius 3 is 2.00 bits per heavy atom. The van der Waals surface area contributed by atoms with Gasteiger partial charge in [-0.25, -0.2) is 0 Å². The summed E-state index contributed by atoms with van der Waals surface area (Å²) in [6.45, 7) is 0. The SMILES string of the molecule is O=C1CC[C@H](C=C(c2cc(C(F)(F)F)cc(C(F)(F)F)c2)c2ccc(C3CC3)c(=O)[nH]2)N1. The van der Waals surface area contributed by atoms with E-state index >= 15 is 0 Å². The van der Waals surface area contributed by atoms with Gasteiger partial charge in [-0.15, -0.1) is 0 Å². The summed E-state index contributed by atoms with van der Waals surface area (Å²) in [6.07, 6.45) is -6.41. The molecule has 0 spiro atoms. The highest BCUT2D eigenvalue weighted by Crippen LogP contribution is 2.40. The molecular weight excluding hydrogens is 438 g/mol. The number of H-pyrrole nitrogens is 1. The van der Waals surface area contributed by atoms with E-state index < -0.39 is 35.1 Å². The first kappa shape index (κ1) is 22.2. The zero-order valence-electron chi connectivity index (χ0n) is 16.5. The first-order chi connectivity index (χ1) is 14.9. The van der Waals surface area contributed by atoms with Gasteiger partial charge in [-0.3, -0.25) is 9.59 Å². The van der Waals surface area contributed by atoms with Crippen molar-refractivity contribution in [3.63, 3.8) is 0 Å². The highest BCUT2D eigenvalue weighted by molar-refractivity contribution is 5.82. The molecule has 4 nitrogen and oxygen atoms in total. The van der Waals surface area contributed by atoms with Crippen LogP contribution in [0.3, 0.4) is 0 Å². The molecule has 1 amide bonds. The molecule has 4 rings (SSSR count). The predicted octanol–water partition coefficient (Wildman–Crippen LogP) is 5.00. The molecule has 1 aromatic heterocycles. The summed E-state index contributed by atoms with van der Waals surface area (Å²) in [4.78, 5) is 26.6. The Balaban J connectivity index is 1.88. The van der Waals surface area contributed by atoms with Crippen molar-refractivity contribution < 1.29 is 31.1 Å². The maximum Gasteiger partial charge on any atom is 0.416 e. The zero-order chi connectivity index (χ0) is 23.3. The van der Waals surface area contributed by atoms with Crippen LogP contribution in [0.4, 0.5) is 26.3 Å². The summed E-state index contributed by atoms with van der Waals surface area (Å²) in [5.74, 6) is -0.164. The Morgan fingerprint density at radius 1 is 0.906 bits per heavy atom. The van der Waals surface area contributed by atoms with E-state index in [0.29, 0.717) is 24.1 Å². The monoisotopic (exact) mass is 456 g/mol. The Kier molecular flexibility index (Phi) is 5.42. The van der Waals surface area contributed by atoms with Gasteiger partial charge in [-0.2, -0.15) is 26.3 Å². The van der Waals surface area contributed by atoms with Crippen molar-refractivity contribution in [3.8, 4) is 0 Å². The van der Waals surface area contributed by atoms with E-state index in [1.165, 1.54) is 12.1 Å². The molecule has 1 saturated heterocycles. The Bertz CT molecular complexity index is 1110. The Morgan fingerprint density at radius 2 is 1.53 bits per heavy atom. The molecular formula is C22H18F6N2O2. The van der Waals surface area contributed by atoms with Gasteiger partial charge in [0.15, 0.2) is 0 Å². The lowest BCUT2D eigenvalue weighted by atomic mass is 9.94. The van der Waals surface area contributed by atoms with Crippen molar-refractivity contribution in [2.75, 3.05) is 0 Å². The summed E-state index contributed by atoms with van der Waals surface area (Å²) in [7, 11) is 0. The number of hydrogen-bond acceptors (Lipinski definition) is 2. The fourth-order valence-electron chi connectivity index (χ4n) is 3.77. The molecule has 2 N–H and O–H groups in total. The van der Waals surface area contributed by atoms with Crippen molar-refractivity contribution in [1.29, 1.82) is 0 Å². The van der Waals surface area contributed by atoms with Crippen LogP contribution in [0.2, 0.25) is 0 Å². The fraction of sp³-hybridized carbons (Fsp3) is 0.364. The van der Waals surface area contributed by atoms with Crippen LogP contribution >= 0.6 is 0 Å². The van der Waals surface area contributed by atoms with Crippen molar-refractivity contribution in [3.05, 3.63) is 74.7 Å². The van der Waals surface area contributed by atoms with Crippen molar-refractivity contribution in [1.82, 2.24) is 10.3 Å². The number of aromatic nitrogens is 1. The maximum atomic E-state index is 13.4. The summed E-state index contributed by atoms with van der Waals surface area (Å²) in [6, 6.07) is 3.72. The Hall–Kier alpha value is -3.04. The third kappa shape index (κ3) is 4.73. The minimum atomic E-state index is -5.01. The average Bonchev–Trinajstić information content (AvgIpc) is 3.45. The molecule has 0 bridgehead atoms. The summed E-state index contributed by atoms with van der Waals surface area (Å²) in [5, 5.41) is 2.62. The van der Waals surface area contributed by atoms with Gasteiger partial charge in [0.05, 0.1) is 11.1 Å². The lowest BCUT2D eigenvalue weighted by molar-refractivity contribution is -0.143. The highest BCUT2D eigenvalue weighted by atomic mass is 19.4. The van der Waals surface area contributed by atoms with Gasteiger partial charge in [0, 0.05) is 29.3 Å². The van der Waals surface area contributed by atoms with E-state index in [2.05, 4.69) is 10.3 Å². The van der Waals surface area contributed by atoms with Gasteiger partial charge < -0.3 is 10.3 Å². The van der Waals surface area contributed by atoms with Crippen molar-refractivity contribution >= 4 is 11.5 Å². The average molecular weight is 456 g/mol. The minimum absolute atomic E-state index is 0.0201. The molecule has 32 heavy (non-hydrogen) atoms. The van der Waals surface area contributed by atoms with Gasteiger partial charge in [-0.05, 0) is 55.0 Å².